The van der Waals surface area contributed by atoms with Crippen molar-refractivity contribution in [2.75, 3.05) is 9.80 Å². The molecule has 0 radical (unpaired) electrons. The first-order valence-corrected chi connectivity index (χ1v) is 25.5. The quantitative estimate of drug-likeness (QED) is 0.142. The average Bonchev–Trinajstić information content (AvgIpc) is 3.77. The van der Waals surface area contributed by atoms with Gasteiger partial charge in [-0.1, -0.05) is 173 Å². The van der Waals surface area contributed by atoms with Crippen molar-refractivity contribution in [3.05, 3.63) is 263 Å². The predicted molar refractivity (Wildman–Crippen MR) is 306 cm³/mol. The molecule has 0 bridgehead atoms. The van der Waals surface area contributed by atoms with Crippen molar-refractivity contribution in [3.63, 3.8) is 0 Å². The van der Waals surface area contributed by atoms with Gasteiger partial charge in [-0.15, -0.1) is 0 Å². The van der Waals surface area contributed by atoms with E-state index < -0.39 is 0 Å². The van der Waals surface area contributed by atoms with Gasteiger partial charge in [0.25, 0.3) is 0 Å². The Labute approximate surface area is 426 Å². The van der Waals surface area contributed by atoms with Gasteiger partial charge in [0.1, 0.15) is 0 Å². The monoisotopic (exact) mass is 928 g/mol. The second-order valence-corrected chi connectivity index (χ2v) is 21.2. The molecular weight excluding hydrogens is 869 g/mol. The molecule has 350 valence electrons. The summed E-state index contributed by atoms with van der Waals surface area (Å²) in [5.74, 6) is 0. The molecule has 2 nitrogen and oxygen atoms in total. The van der Waals surface area contributed by atoms with Gasteiger partial charge in [-0.25, -0.2) is 0 Å². The molecule has 10 aromatic carbocycles. The molecule has 2 aliphatic rings. The van der Waals surface area contributed by atoms with Crippen molar-refractivity contribution in [3.8, 4) is 55.6 Å². The Bertz CT molecular complexity index is 3490. The van der Waals surface area contributed by atoms with Gasteiger partial charge in [0, 0.05) is 45.0 Å². The Morgan fingerprint density at radius 3 is 0.958 bits per heavy atom. The van der Waals surface area contributed by atoms with Crippen LogP contribution in [0.15, 0.2) is 218 Å². The number of anilines is 6. The highest BCUT2D eigenvalue weighted by Gasteiger charge is 2.36. The number of hydrogen-bond acceptors (Lipinski definition) is 2. The SMILES string of the molecule is Cc1cc(N(c2ccc(-c3ccc4c(c3)C(C)(C)c3ccccc3-4)cc2)c2ccccc2C)ccc1-c1ccc(N(c2ccc(-c3ccc4c(c3)C(C)(C)c3ccccc3-4)cc2)c2ccccc2C)cc1C. The summed E-state index contributed by atoms with van der Waals surface area (Å²) in [6.07, 6.45) is 0. The Morgan fingerprint density at radius 1 is 0.250 bits per heavy atom. The van der Waals surface area contributed by atoms with Gasteiger partial charge in [-0.2, -0.15) is 0 Å². The van der Waals surface area contributed by atoms with Crippen LogP contribution < -0.4 is 9.80 Å². The van der Waals surface area contributed by atoms with Crippen LogP contribution in [0.3, 0.4) is 0 Å². The van der Waals surface area contributed by atoms with E-state index in [1.54, 1.807) is 0 Å². The van der Waals surface area contributed by atoms with Crippen molar-refractivity contribution >= 4 is 34.1 Å². The summed E-state index contributed by atoms with van der Waals surface area (Å²) >= 11 is 0. The van der Waals surface area contributed by atoms with E-state index in [9.17, 15) is 0 Å². The van der Waals surface area contributed by atoms with Gasteiger partial charge in [0.15, 0.2) is 0 Å². The second-order valence-electron chi connectivity index (χ2n) is 21.2. The Morgan fingerprint density at radius 2 is 0.569 bits per heavy atom. The standard InChI is InChI=1S/C70H60N2/c1-45-17-9-15-23-67(45)71(53-31-25-49(26-32-53)51-29-37-61-59-19-11-13-21-63(59)69(5,6)65(61)43-51)55-35-39-57(47(3)41-55)58-40-36-56(42-48(58)4)72(68-24-16-10-18-46(68)2)54-33-27-50(28-34-54)52-30-38-62-60-20-12-14-22-64(60)70(7,8)66(62)44-52/h9-44H,1-8H3. The number of rotatable bonds is 9. The number of para-hydroxylation sites is 2. The average molecular weight is 929 g/mol. The van der Waals surface area contributed by atoms with E-state index in [0.29, 0.717) is 0 Å². The molecule has 0 saturated heterocycles. The maximum Gasteiger partial charge on any atom is 0.0490 e. The molecule has 72 heavy (non-hydrogen) atoms. The molecule has 2 heteroatoms. The van der Waals surface area contributed by atoms with Crippen LogP contribution in [0.2, 0.25) is 0 Å². The van der Waals surface area contributed by atoms with E-state index >= 15 is 0 Å². The molecule has 0 spiro atoms. The van der Waals surface area contributed by atoms with Gasteiger partial charge < -0.3 is 9.80 Å². The zero-order valence-corrected chi connectivity index (χ0v) is 42.7. The van der Waals surface area contributed by atoms with Crippen LogP contribution in [0, 0.1) is 27.7 Å². The highest BCUT2D eigenvalue weighted by Crippen LogP contribution is 2.52. The molecule has 0 aliphatic heterocycles. The summed E-state index contributed by atoms with van der Waals surface area (Å²) in [6.45, 7) is 18.3. The molecule has 0 fully saturated rings. The minimum Gasteiger partial charge on any atom is -0.310 e. The van der Waals surface area contributed by atoms with Crippen LogP contribution in [0.25, 0.3) is 55.6 Å². The molecule has 0 amide bonds. The number of hydrogen-bond donors (Lipinski definition) is 0. The van der Waals surface area contributed by atoms with Gasteiger partial charge in [-0.05, 0) is 201 Å². The van der Waals surface area contributed by atoms with Crippen molar-refractivity contribution < 1.29 is 0 Å². The molecule has 12 rings (SSSR count). The Balaban J connectivity index is 0.851. The lowest BCUT2D eigenvalue weighted by Gasteiger charge is -2.29. The minimum absolute atomic E-state index is 0.0419. The van der Waals surface area contributed by atoms with Crippen molar-refractivity contribution in [2.24, 2.45) is 0 Å². The van der Waals surface area contributed by atoms with E-state index in [1.165, 1.54) is 112 Å². The normalized spacial score (nSPS) is 13.5. The van der Waals surface area contributed by atoms with Gasteiger partial charge in [0.2, 0.25) is 0 Å². The molecule has 0 aromatic heterocycles. The fraction of sp³-hybridized carbons (Fsp3) is 0.143. The molecule has 0 saturated carbocycles. The largest absolute Gasteiger partial charge is 0.310 e. The van der Waals surface area contributed by atoms with Crippen LogP contribution in [-0.2, 0) is 10.8 Å². The minimum atomic E-state index is -0.0419. The van der Waals surface area contributed by atoms with Gasteiger partial charge in [-0.3, -0.25) is 0 Å². The summed E-state index contributed by atoms with van der Waals surface area (Å²) in [4.78, 5) is 4.81. The third kappa shape index (κ3) is 7.39. The third-order valence-corrected chi connectivity index (χ3v) is 16.0. The molecular formula is C70H60N2. The van der Waals surface area contributed by atoms with Crippen molar-refractivity contribution in [2.45, 2.75) is 66.2 Å². The van der Waals surface area contributed by atoms with Crippen molar-refractivity contribution in [1.29, 1.82) is 0 Å². The molecule has 0 atom stereocenters. The maximum absolute atomic E-state index is 2.41. The highest BCUT2D eigenvalue weighted by molar-refractivity contribution is 5.88. The van der Waals surface area contributed by atoms with E-state index in [0.717, 1.165) is 22.7 Å². The van der Waals surface area contributed by atoms with Crippen LogP contribution in [0.5, 0.6) is 0 Å². The van der Waals surface area contributed by atoms with E-state index in [-0.39, 0.29) is 10.8 Å². The van der Waals surface area contributed by atoms with Crippen LogP contribution in [0.1, 0.15) is 72.2 Å². The van der Waals surface area contributed by atoms with Crippen LogP contribution in [-0.4, -0.2) is 0 Å². The lowest BCUT2D eigenvalue weighted by atomic mass is 9.81. The highest BCUT2D eigenvalue weighted by atomic mass is 15.1. The second kappa shape index (κ2) is 17.3. The number of benzene rings is 10. The zero-order valence-electron chi connectivity index (χ0n) is 42.7. The molecule has 0 heterocycles. The van der Waals surface area contributed by atoms with E-state index in [2.05, 4.69) is 284 Å². The first-order valence-electron chi connectivity index (χ1n) is 25.5. The van der Waals surface area contributed by atoms with E-state index in [4.69, 9.17) is 0 Å². The lowest BCUT2D eigenvalue weighted by Crippen LogP contribution is -2.14. The summed E-state index contributed by atoms with van der Waals surface area (Å²) in [6, 6.07) is 81.3. The molecule has 2 aliphatic carbocycles. The molecule has 10 aromatic rings. The Hall–Kier alpha value is -8.20. The van der Waals surface area contributed by atoms with Gasteiger partial charge in [0.05, 0.1) is 0 Å². The fourth-order valence-corrected chi connectivity index (χ4v) is 12.0. The summed E-state index contributed by atoms with van der Waals surface area (Å²) < 4.78 is 0. The third-order valence-electron chi connectivity index (χ3n) is 16.0. The summed E-state index contributed by atoms with van der Waals surface area (Å²) in [7, 11) is 0. The predicted octanol–water partition coefficient (Wildman–Crippen LogP) is 19.5. The van der Waals surface area contributed by atoms with Gasteiger partial charge >= 0.3 is 0 Å². The van der Waals surface area contributed by atoms with Crippen LogP contribution >= 0.6 is 0 Å². The number of fused-ring (bicyclic) bond motifs is 6. The zero-order chi connectivity index (χ0) is 49.5. The first kappa shape index (κ1) is 45.0. The topological polar surface area (TPSA) is 6.48 Å². The number of nitrogens with zero attached hydrogens (tertiary/aromatic N) is 2. The first-order chi connectivity index (χ1) is 34.9. The van der Waals surface area contributed by atoms with E-state index in [1.807, 2.05) is 0 Å². The lowest BCUT2D eigenvalue weighted by molar-refractivity contribution is 0.660. The summed E-state index contributed by atoms with van der Waals surface area (Å²) in [5, 5.41) is 0. The summed E-state index contributed by atoms with van der Waals surface area (Å²) in [5.41, 5.74) is 30.0. The molecule has 0 N–H and O–H groups in total. The van der Waals surface area contributed by atoms with Crippen molar-refractivity contribution in [1.82, 2.24) is 0 Å². The smallest absolute Gasteiger partial charge is 0.0490 e. The van der Waals surface area contributed by atoms with Crippen LogP contribution in [0.4, 0.5) is 34.1 Å². The Kier molecular flexibility index (Phi) is 10.8. The maximum atomic E-state index is 2.41. The fourth-order valence-electron chi connectivity index (χ4n) is 12.0. The number of aryl methyl sites for hydroxylation is 4. The molecule has 0 unspecified atom stereocenters.